The molecule has 0 bridgehead atoms. The summed E-state index contributed by atoms with van der Waals surface area (Å²) in [5.74, 6) is 1.22. The highest BCUT2D eigenvalue weighted by Crippen LogP contribution is 2.17. The molecule has 1 N–H and O–H groups in total. The third-order valence-electron chi connectivity index (χ3n) is 2.76. The summed E-state index contributed by atoms with van der Waals surface area (Å²) >= 11 is 1.70. The molecule has 0 saturated heterocycles. The maximum Gasteiger partial charge on any atom is 0.273 e. The predicted molar refractivity (Wildman–Crippen MR) is 75.7 cm³/mol. The van der Waals surface area contributed by atoms with E-state index in [2.05, 4.69) is 16.4 Å². The van der Waals surface area contributed by atoms with Crippen molar-refractivity contribution < 1.29 is 9.21 Å². The van der Waals surface area contributed by atoms with Gasteiger partial charge in [0.2, 0.25) is 0 Å². The normalized spacial score (nSPS) is 10.9. The van der Waals surface area contributed by atoms with Crippen LogP contribution in [0.1, 0.15) is 46.8 Å². The fraction of sp³-hybridized carbons (Fsp3) is 0.429. The second-order valence-corrected chi connectivity index (χ2v) is 5.73. The van der Waals surface area contributed by atoms with E-state index in [0.29, 0.717) is 23.9 Å². The number of carbonyl (C=O) groups is 1. The van der Waals surface area contributed by atoms with Gasteiger partial charge in [-0.25, -0.2) is 4.98 Å². The summed E-state index contributed by atoms with van der Waals surface area (Å²) in [6.07, 6.45) is 0.845. The fourth-order valence-electron chi connectivity index (χ4n) is 1.71. The minimum Gasteiger partial charge on any atom is -0.445 e. The van der Waals surface area contributed by atoms with Crippen molar-refractivity contribution in [2.75, 3.05) is 6.54 Å². The van der Waals surface area contributed by atoms with E-state index >= 15 is 0 Å². The van der Waals surface area contributed by atoms with Crippen molar-refractivity contribution in [1.82, 2.24) is 10.3 Å². The van der Waals surface area contributed by atoms with Crippen molar-refractivity contribution in [2.45, 2.75) is 33.1 Å². The molecule has 0 unspecified atom stereocenters. The molecular formula is C14H18N2O2S. The SMILES string of the molecule is Cc1oc(C(C)C)nc1C(=O)NCCc1cccs1. The van der Waals surface area contributed by atoms with Crippen LogP contribution in [-0.2, 0) is 6.42 Å². The summed E-state index contributed by atoms with van der Waals surface area (Å²) in [5, 5.41) is 4.91. The molecular weight excluding hydrogens is 260 g/mol. The number of amides is 1. The van der Waals surface area contributed by atoms with E-state index in [1.165, 1.54) is 4.88 Å². The molecule has 0 aromatic carbocycles. The van der Waals surface area contributed by atoms with Crippen LogP contribution in [0, 0.1) is 6.92 Å². The van der Waals surface area contributed by atoms with Crippen molar-refractivity contribution in [3.8, 4) is 0 Å². The fourth-order valence-corrected chi connectivity index (χ4v) is 2.42. The molecule has 0 aliphatic carbocycles. The predicted octanol–water partition coefficient (Wildman–Crippen LogP) is 3.14. The Balaban J connectivity index is 1.92. The van der Waals surface area contributed by atoms with E-state index in [1.54, 1.807) is 18.3 Å². The van der Waals surface area contributed by atoms with Gasteiger partial charge < -0.3 is 9.73 Å². The van der Waals surface area contributed by atoms with E-state index in [9.17, 15) is 4.79 Å². The molecule has 0 spiro atoms. The van der Waals surface area contributed by atoms with Crippen LogP contribution < -0.4 is 5.32 Å². The average molecular weight is 278 g/mol. The van der Waals surface area contributed by atoms with Gasteiger partial charge in [0.1, 0.15) is 5.76 Å². The molecule has 5 heteroatoms. The lowest BCUT2D eigenvalue weighted by molar-refractivity contribution is 0.0948. The number of thiophene rings is 1. The van der Waals surface area contributed by atoms with Crippen molar-refractivity contribution in [2.24, 2.45) is 0 Å². The number of nitrogens with one attached hydrogen (secondary N) is 1. The molecule has 0 saturated carbocycles. The minimum atomic E-state index is -0.162. The summed E-state index contributed by atoms with van der Waals surface area (Å²) in [5.41, 5.74) is 0.398. The van der Waals surface area contributed by atoms with Gasteiger partial charge in [-0.1, -0.05) is 19.9 Å². The van der Waals surface area contributed by atoms with Crippen LogP contribution in [-0.4, -0.2) is 17.4 Å². The third-order valence-corrected chi connectivity index (χ3v) is 3.70. The maximum atomic E-state index is 12.0. The van der Waals surface area contributed by atoms with Crippen molar-refractivity contribution in [1.29, 1.82) is 0 Å². The highest BCUT2D eigenvalue weighted by atomic mass is 32.1. The van der Waals surface area contributed by atoms with Gasteiger partial charge >= 0.3 is 0 Å². The number of nitrogens with zero attached hydrogens (tertiary/aromatic N) is 1. The summed E-state index contributed by atoms with van der Waals surface area (Å²) in [4.78, 5) is 17.5. The number of oxazole rings is 1. The van der Waals surface area contributed by atoms with Crippen LogP contribution >= 0.6 is 11.3 Å². The molecule has 1 amide bonds. The topological polar surface area (TPSA) is 55.1 Å². The molecule has 0 aliphatic heterocycles. The number of aromatic nitrogens is 1. The lowest BCUT2D eigenvalue weighted by Crippen LogP contribution is -2.26. The minimum absolute atomic E-state index is 0.162. The molecule has 4 nitrogen and oxygen atoms in total. The molecule has 2 aromatic heterocycles. The number of aryl methyl sites for hydroxylation is 1. The highest BCUT2D eigenvalue weighted by Gasteiger charge is 2.18. The van der Waals surface area contributed by atoms with Crippen LogP contribution in [0.4, 0.5) is 0 Å². The molecule has 0 radical (unpaired) electrons. The quantitative estimate of drug-likeness (QED) is 0.914. The second kappa shape index (κ2) is 6.02. The Morgan fingerprint density at radius 2 is 2.32 bits per heavy atom. The van der Waals surface area contributed by atoms with Gasteiger partial charge in [0.05, 0.1) is 0 Å². The lowest BCUT2D eigenvalue weighted by Gasteiger charge is -2.01. The van der Waals surface area contributed by atoms with Crippen LogP contribution in [0.25, 0.3) is 0 Å². The Morgan fingerprint density at radius 3 is 2.89 bits per heavy atom. The summed E-state index contributed by atoms with van der Waals surface area (Å²) < 4.78 is 5.48. The van der Waals surface area contributed by atoms with Crippen molar-refractivity contribution in [3.63, 3.8) is 0 Å². The Labute approximate surface area is 116 Å². The number of carbonyl (C=O) groups excluding carboxylic acids is 1. The Morgan fingerprint density at radius 1 is 1.53 bits per heavy atom. The molecule has 0 fully saturated rings. The van der Waals surface area contributed by atoms with Crippen LogP contribution in [0.2, 0.25) is 0 Å². The average Bonchev–Trinajstić information content (AvgIpc) is 2.98. The third kappa shape index (κ3) is 3.44. The van der Waals surface area contributed by atoms with Gasteiger partial charge in [-0.2, -0.15) is 0 Å². The maximum absolute atomic E-state index is 12.0. The first-order chi connectivity index (χ1) is 9.08. The van der Waals surface area contributed by atoms with E-state index < -0.39 is 0 Å². The van der Waals surface area contributed by atoms with Gasteiger partial charge in [-0.15, -0.1) is 11.3 Å². The lowest BCUT2D eigenvalue weighted by atomic mass is 10.2. The summed E-state index contributed by atoms with van der Waals surface area (Å²) in [6, 6.07) is 4.08. The standard InChI is InChI=1S/C14H18N2O2S/c1-9(2)14-16-12(10(3)18-14)13(17)15-7-6-11-5-4-8-19-11/h4-5,8-9H,6-7H2,1-3H3,(H,15,17). The van der Waals surface area contributed by atoms with Gasteiger partial charge in [0, 0.05) is 17.3 Å². The first-order valence-corrected chi connectivity index (χ1v) is 7.23. The Hall–Kier alpha value is -1.62. The second-order valence-electron chi connectivity index (χ2n) is 4.70. The Kier molecular flexibility index (Phi) is 4.37. The van der Waals surface area contributed by atoms with E-state index in [-0.39, 0.29) is 11.8 Å². The van der Waals surface area contributed by atoms with E-state index in [1.807, 2.05) is 25.3 Å². The highest BCUT2D eigenvalue weighted by molar-refractivity contribution is 7.09. The number of hydrogen-bond acceptors (Lipinski definition) is 4. The smallest absolute Gasteiger partial charge is 0.273 e. The van der Waals surface area contributed by atoms with Crippen LogP contribution in [0.3, 0.4) is 0 Å². The van der Waals surface area contributed by atoms with Gasteiger partial charge in [0.25, 0.3) is 5.91 Å². The molecule has 102 valence electrons. The number of rotatable bonds is 5. The molecule has 2 aromatic rings. The van der Waals surface area contributed by atoms with Gasteiger partial charge in [0.15, 0.2) is 11.6 Å². The van der Waals surface area contributed by atoms with Gasteiger partial charge in [-0.05, 0) is 24.8 Å². The molecule has 2 rings (SSSR count). The Bertz CT molecular complexity index is 544. The molecule has 0 atom stereocenters. The first kappa shape index (κ1) is 13.8. The largest absolute Gasteiger partial charge is 0.445 e. The zero-order valence-electron chi connectivity index (χ0n) is 11.4. The van der Waals surface area contributed by atoms with Crippen molar-refractivity contribution in [3.05, 3.63) is 39.7 Å². The summed E-state index contributed by atoms with van der Waals surface area (Å²) in [7, 11) is 0. The van der Waals surface area contributed by atoms with Crippen LogP contribution in [0.5, 0.6) is 0 Å². The molecule has 2 heterocycles. The van der Waals surface area contributed by atoms with Gasteiger partial charge in [-0.3, -0.25) is 4.79 Å². The molecule has 0 aliphatic rings. The zero-order chi connectivity index (χ0) is 13.8. The monoisotopic (exact) mass is 278 g/mol. The molecule has 19 heavy (non-hydrogen) atoms. The number of hydrogen-bond donors (Lipinski definition) is 1. The van der Waals surface area contributed by atoms with Crippen LogP contribution in [0.15, 0.2) is 21.9 Å². The van der Waals surface area contributed by atoms with E-state index in [4.69, 9.17) is 4.42 Å². The summed E-state index contributed by atoms with van der Waals surface area (Å²) in [6.45, 7) is 6.36. The first-order valence-electron chi connectivity index (χ1n) is 6.36. The van der Waals surface area contributed by atoms with E-state index in [0.717, 1.165) is 6.42 Å². The van der Waals surface area contributed by atoms with Crippen molar-refractivity contribution >= 4 is 17.2 Å². The zero-order valence-corrected chi connectivity index (χ0v) is 12.2.